The van der Waals surface area contributed by atoms with Gasteiger partial charge in [0.1, 0.15) is 0 Å². The molecule has 0 aliphatic carbocycles. The van der Waals surface area contributed by atoms with Gasteiger partial charge in [-0.15, -0.1) is 0 Å². The van der Waals surface area contributed by atoms with E-state index in [4.69, 9.17) is 4.74 Å². The first kappa shape index (κ1) is 15.0. The zero-order valence-electron chi connectivity index (χ0n) is 11.7. The number of rotatable bonds is 2. The fourth-order valence-corrected chi connectivity index (χ4v) is 1.97. The Bertz CT molecular complexity index is 553. The molecule has 0 bridgehead atoms. The molecular formula is C14H17N3O4. The van der Waals surface area contributed by atoms with Crippen molar-refractivity contribution < 1.29 is 19.1 Å². The summed E-state index contributed by atoms with van der Waals surface area (Å²) in [5.41, 5.74) is 1.01. The molecule has 0 saturated carbocycles. The molecule has 1 saturated heterocycles. The highest BCUT2D eigenvalue weighted by Gasteiger charge is 2.23. The predicted molar refractivity (Wildman–Crippen MR) is 76.8 cm³/mol. The SMILES string of the molecule is CC(=O)Nc1cccc(NC(=O)C(=O)N2CCOCC2)c1. The molecule has 2 N–H and O–H groups in total. The highest BCUT2D eigenvalue weighted by Crippen LogP contribution is 2.15. The number of morpholine rings is 1. The van der Waals surface area contributed by atoms with Crippen LogP contribution in [0, 0.1) is 0 Å². The van der Waals surface area contributed by atoms with Gasteiger partial charge in [0, 0.05) is 31.4 Å². The number of carbonyl (C=O) groups is 3. The van der Waals surface area contributed by atoms with E-state index >= 15 is 0 Å². The van der Waals surface area contributed by atoms with Crippen molar-refractivity contribution in [2.45, 2.75) is 6.92 Å². The largest absolute Gasteiger partial charge is 0.378 e. The second kappa shape index (κ2) is 6.85. The van der Waals surface area contributed by atoms with Crippen LogP contribution >= 0.6 is 0 Å². The van der Waals surface area contributed by atoms with Crippen LogP contribution in [0.4, 0.5) is 11.4 Å². The van der Waals surface area contributed by atoms with Crippen molar-refractivity contribution in [3.63, 3.8) is 0 Å². The highest BCUT2D eigenvalue weighted by atomic mass is 16.5. The molecule has 0 aromatic heterocycles. The van der Waals surface area contributed by atoms with Gasteiger partial charge >= 0.3 is 11.8 Å². The van der Waals surface area contributed by atoms with Crippen LogP contribution in [0.5, 0.6) is 0 Å². The number of amides is 3. The highest BCUT2D eigenvalue weighted by molar-refractivity contribution is 6.39. The second-order valence-electron chi connectivity index (χ2n) is 4.62. The predicted octanol–water partition coefficient (Wildman–Crippen LogP) is 0.442. The number of ether oxygens (including phenoxy) is 1. The summed E-state index contributed by atoms with van der Waals surface area (Å²) in [6.07, 6.45) is 0. The van der Waals surface area contributed by atoms with E-state index in [1.165, 1.54) is 11.8 Å². The van der Waals surface area contributed by atoms with Crippen molar-refractivity contribution >= 4 is 29.1 Å². The Hall–Kier alpha value is -2.41. The van der Waals surface area contributed by atoms with E-state index in [0.29, 0.717) is 37.7 Å². The van der Waals surface area contributed by atoms with E-state index in [0.717, 1.165) is 0 Å². The first-order valence-corrected chi connectivity index (χ1v) is 6.62. The average molecular weight is 291 g/mol. The molecule has 0 unspecified atom stereocenters. The Labute approximate surface area is 122 Å². The van der Waals surface area contributed by atoms with Crippen LogP contribution in [-0.2, 0) is 19.1 Å². The summed E-state index contributed by atoms with van der Waals surface area (Å²) < 4.78 is 5.13. The van der Waals surface area contributed by atoms with Gasteiger partial charge in [-0.05, 0) is 18.2 Å². The standard InChI is InChI=1S/C14H17N3O4/c1-10(18)15-11-3-2-4-12(9-11)16-13(19)14(20)17-5-7-21-8-6-17/h2-4,9H,5-8H2,1H3,(H,15,18)(H,16,19). The normalized spacial score (nSPS) is 14.4. The third kappa shape index (κ3) is 4.28. The summed E-state index contributed by atoms with van der Waals surface area (Å²) in [7, 11) is 0. The molecule has 112 valence electrons. The van der Waals surface area contributed by atoms with Crippen LogP contribution in [0.1, 0.15) is 6.92 Å². The van der Waals surface area contributed by atoms with Crippen molar-refractivity contribution in [3.8, 4) is 0 Å². The van der Waals surface area contributed by atoms with E-state index in [2.05, 4.69) is 10.6 Å². The van der Waals surface area contributed by atoms with Crippen molar-refractivity contribution in [2.75, 3.05) is 36.9 Å². The topological polar surface area (TPSA) is 87.7 Å². The zero-order chi connectivity index (χ0) is 15.2. The van der Waals surface area contributed by atoms with E-state index in [1.54, 1.807) is 24.3 Å². The molecule has 0 radical (unpaired) electrons. The Kier molecular flexibility index (Phi) is 4.89. The second-order valence-corrected chi connectivity index (χ2v) is 4.62. The van der Waals surface area contributed by atoms with Crippen LogP contribution < -0.4 is 10.6 Å². The summed E-state index contributed by atoms with van der Waals surface area (Å²) in [4.78, 5) is 36.3. The maximum Gasteiger partial charge on any atom is 0.313 e. The number of hydrogen-bond donors (Lipinski definition) is 2. The molecule has 1 aliphatic heterocycles. The summed E-state index contributed by atoms with van der Waals surface area (Å²) in [5, 5.41) is 5.14. The molecule has 0 spiro atoms. The minimum absolute atomic E-state index is 0.206. The number of nitrogens with zero attached hydrogens (tertiary/aromatic N) is 1. The maximum absolute atomic E-state index is 12.0. The van der Waals surface area contributed by atoms with Crippen molar-refractivity contribution in [3.05, 3.63) is 24.3 Å². The molecule has 2 rings (SSSR count). The Morgan fingerprint density at radius 3 is 2.33 bits per heavy atom. The lowest BCUT2D eigenvalue weighted by atomic mass is 10.2. The average Bonchev–Trinajstić information content (AvgIpc) is 2.47. The maximum atomic E-state index is 12.0. The zero-order valence-corrected chi connectivity index (χ0v) is 11.7. The minimum Gasteiger partial charge on any atom is -0.378 e. The number of nitrogens with one attached hydrogen (secondary N) is 2. The lowest BCUT2D eigenvalue weighted by molar-refractivity contribution is -0.145. The van der Waals surface area contributed by atoms with Gasteiger partial charge in [0.25, 0.3) is 0 Å². The van der Waals surface area contributed by atoms with Crippen LogP contribution in [0.2, 0.25) is 0 Å². The third-order valence-electron chi connectivity index (χ3n) is 2.93. The minimum atomic E-state index is -0.697. The number of carbonyl (C=O) groups excluding carboxylic acids is 3. The van der Waals surface area contributed by atoms with Gasteiger partial charge in [-0.2, -0.15) is 0 Å². The van der Waals surface area contributed by atoms with Gasteiger partial charge in [0.2, 0.25) is 5.91 Å². The van der Waals surface area contributed by atoms with E-state index < -0.39 is 11.8 Å². The summed E-state index contributed by atoms with van der Waals surface area (Å²) in [5.74, 6) is -1.48. The Morgan fingerprint density at radius 2 is 1.71 bits per heavy atom. The Balaban J connectivity index is 1.98. The number of benzene rings is 1. The fraction of sp³-hybridized carbons (Fsp3) is 0.357. The van der Waals surface area contributed by atoms with Crippen molar-refractivity contribution in [2.24, 2.45) is 0 Å². The first-order chi connectivity index (χ1) is 10.1. The smallest absolute Gasteiger partial charge is 0.313 e. The molecule has 1 aromatic carbocycles. The number of hydrogen-bond acceptors (Lipinski definition) is 4. The lowest BCUT2D eigenvalue weighted by Crippen LogP contribution is -2.45. The first-order valence-electron chi connectivity index (χ1n) is 6.62. The van der Waals surface area contributed by atoms with E-state index in [1.807, 2.05) is 0 Å². The van der Waals surface area contributed by atoms with Gasteiger partial charge < -0.3 is 20.3 Å². The van der Waals surface area contributed by atoms with Crippen molar-refractivity contribution in [1.29, 1.82) is 0 Å². The van der Waals surface area contributed by atoms with Crippen LogP contribution in [-0.4, -0.2) is 48.9 Å². The molecule has 1 heterocycles. The van der Waals surface area contributed by atoms with Gasteiger partial charge in [0.05, 0.1) is 13.2 Å². The molecule has 7 heteroatoms. The number of anilines is 2. The van der Waals surface area contributed by atoms with Gasteiger partial charge in [-0.1, -0.05) is 6.07 Å². The van der Waals surface area contributed by atoms with E-state index in [-0.39, 0.29) is 5.91 Å². The molecule has 3 amide bonds. The van der Waals surface area contributed by atoms with Crippen LogP contribution in [0.25, 0.3) is 0 Å². The fourth-order valence-electron chi connectivity index (χ4n) is 1.97. The van der Waals surface area contributed by atoms with Crippen LogP contribution in [0.3, 0.4) is 0 Å². The van der Waals surface area contributed by atoms with Gasteiger partial charge in [0.15, 0.2) is 0 Å². The molecule has 1 aromatic rings. The van der Waals surface area contributed by atoms with E-state index in [9.17, 15) is 14.4 Å². The van der Waals surface area contributed by atoms with Gasteiger partial charge in [-0.3, -0.25) is 14.4 Å². The monoisotopic (exact) mass is 291 g/mol. The quantitative estimate of drug-likeness (QED) is 0.774. The molecule has 1 aliphatic rings. The molecular weight excluding hydrogens is 274 g/mol. The summed E-state index contributed by atoms with van der Waals surface area (Å²) >= 11 is 0. The molecule has 7 nitrogen and oxygen atoms in total. The summed E-state index contributed by atoms with van der Waals surface area (Å²) in [6.45, 7) is 3.11. The van der Waals surface area contributed by atoms with Gasteiger partial charge in [-0.25, -0.2) is 0 Å². The molecule has 0 atom stereocenters. The lowest BCUT2D eigenvalue weighted by Gasteiger charge is -2.26. The summed E-state index contributed by atoms with van der Waals surface area (Å²) in [6, 6.07) is 6.61. The third-order valence-corrected chi connectivity index (χ3v) is 2.93. The van der Waals surface area contributed by atoms with Crippen LogP contribution in [0.15, 0.2) is 24.3 Å². The van der Waals surface area contributed by atoms with Crippen molar-refractivity contribution in [1.82, 2.24) is 4.90 Å². The molecule has 1 fully saturated rings. The molecule has 21 heavy (non-hydrogen) atoms. The Morgan fingerprint density at radius 1 is 1.10 bits per heavy atom.